The SMILES string of the molecule is O=C(O)c1c[nH]c2ccc(NCc3cc(C(F)(F)F)cc(C(F)(F)F)c3)cc2c1=O. The third-order valence-corrected chi connectivity index (χ3v) is 4.26. The molecular weight excluding hydrogens is 418 g/mol. The minimum atomic E-state index is -4.96. The molecule has 0 aliphatic rings. The molecule has 5 nitrogen and oxygen atoms in total. The van der Waals surface area contributed by atoms with Gasteiger partial charge in [0, 0.05) is 29.3 Å². The third-order valence-electron chi connectivity index (χ3n) is 4.26. The van der Waals surface area contributed by atoms with Crippen molar-refractivity contribution in [3.63, 3.8) is 0 Å². The molecule has 1 aromatic heterocycles. The van der Waals surface area contributed by atoms with Crippen LogP contribution in [0, 0.1) is 0 Å². The second-order valence-corrected chi connectivity index (χ2v) is 6.36. The zero-order valence-electron chi connectivity index (χ0n) is 14.8. The predicted molar refractivity (Wildman–Crippen MR) is 95.3 cm³/mol. The van der Waals surface area contributed by atoms with Crippen molar-refractivity contribution in [2.24, 2.45) is 0 Å². The maximum Gasteiger partial charge on any atom is 0.416 e. The minimum Gasteiger partial charge on any atom is -0.477 e. The van der Waals surface area contributed by atoms with Crippen LogP contribution >= 0.6 is 0 Å². The van der Waals surface area contributed by atoms with Gasteiger partial charge in [0.05, 0.1) is 11.1 Å². The summed E-state index contributed by atoms with van der Waals surface area (Å²) in [6, 6.07) is 5.36. The highest BCUT2D eigenvalue weighted by atomic mass is 19.4. The second kappa shape index (κ2) is 7.39. The molecule has 3 aromatic rings. The summed E-state index contributed by atoms with van der Waals surface area (Å²) in [5.41, 5.74) is -3.91. The number of halogens is 6. The highest BCUT2D eigenvalue weighted by Crippen LogP contribution is 2.36. The lowest BCUT2D eigenvalue weighted by atomic mass is 10.0. The molecule has 0 saturated heterocycles. The lowest BCUT2D eigenvalue weighted by Gasteiger charge is -2.15. The molecule has 0 aliphatic carbocycles. The minimum absolute atomic E-state index is 0.0000715. The van der Waals surface area contributed by atoms with Gasteiger partial charge in [-0.2, -0.15) is 26.3 Å². The van der Waals surface area contributed by atoms with Gasteiger partial charge in [-0.05, 0) is 42.0 Å². The van der Waals surface area contributed by atoms with Gasteiger partial charge in [0.25, 0.3) is 0 Å². The number of pyridine rings is 1. The van der Waals surface area contributed by atoms with Gasteiger partial charge in [-0.25, -0.2) is 4.79 Å². The van der Waals surface area contributed by atoms with E-state index in [0.717, 1.165) is 6.20 Å². The fraction of sp³-hybridized carbons (Fsp3) is 0.158. The highest BCUT2D eigenvalue weighted by molar-refractivity contribution is 5.93. The molecule has 1 heterocycles. The average molecular weight is 430 g/mol. The van der Waals surface area contributed by atoms with Crippen LogP contribution in [0.5, 0.6) is 0 Å². The van der Waals surface area contributed by atoms with Crippen molar-refractivity contribution in [3.8, 4) is 0 Å². The van der Waals surface area contributed by atoms with E-state index in [1.165, 1.54) is 18.2 Å². The van der Waals surface area contributed by atoms with Crippen molar-refractivity contribution in [1.82, 2.24) is 4.98 Å². The summed E-state index contributed by atoms with van der Waals surface area (Å²) < 4.78 is 77.7. The van der Waals surface area contributed by atoms with E-state index in [1.54, 1.807) is 0 Å². The summed E-state index contributed by atoms with van der Waals surface area (Å²) >= 11 is 0. The predicted octanol–water partition coefficient (Wildman–Crippen LogP) is 4.88. The van der Waals surface area contributed by atoms with E-state index < -0.39 is 47.0 Å². The molecule has 0 bridgehead atoms. The summed E-state index contributed by atoms with van der Waals surface area (Å²) in [4.78, 5) is 25.9. The molecule has 30 heavy (non-hydrogen) atoms. The van der Waals surface area contributed by atoms with Crippen LogP contribution in [0.25, 0.3) is 10.9 Å². The van der Waals surface area contributed by atoms with Gasteiger partial charge in [0.2, 0.25) is 5.43 Å². The quantitative estimate of drug-likeness (QED) is 0.516. The molecule has 0 spiro atoms. The first-order chi connectivity index (χ1) is 13.9. The zero-order valence-corrected chi connectivity index (χ0v) is 14.8. The Morgan fingerprint density at radius 1 is 0.967 bits per heavy atom. The third kappa shape index (κ3) is 4.39. The van der Waals surface area contributed by atoms with Crippen molar-refractivity contribution in [3.05, 3.63) is 75.1 Å². The molecule has 2 aromatic carbocycles. The molecule has 0 aliphatic heterocycles. The first kappa shape index (κ1) is 21.2. The fourth-order valence-corrected chi connectivity index (χ4v) is 2.81. The van der Waals surface area contributed by atoms with E-state index in [-0.39, 0.29) is 22.7 Å². The molecule has 0 unspecified atom stereocenters. The van der Waals surface area contributed by atoms with Crippen LogP contribution in [0.1, 0.15) is 27.0 Å². The first-order valence-corrected chi connectivity index (χ1v) is 8.27. The van der Waals surface area contributed by atoms with E-state index in [2.05, 4.69) is 10.3 Å². The topological polar surface area (TPSA) is 82.2 Å². The molecule has 11 heteroatoms. The lowest BCUT2D eigenvalue weighted by Crippen LogP contribution is -2.15. The van der Waals surface area contributed by atoms with Crippen molar-refractivity contribution >= 4 is 22.6 Å². The Morgan fingerprint density at radius 2 is 1.57 bits per heavy atom. The van der Waals surface area contributed by atoms with Crippen LogP contribution in [0.15, 0.2) is 47.4 Å². The smallest absolute Gasteiger partial charge is 0.416 e. The number of hydrogen-bond donors (Lipinski definition) is 3. The molecule has 0 fully saturated rings. The molecule has 3 N–H and O–H groups in total. The number of carboxylic acids is 1. The Kier molecular flexibility index (Phi) is 5.23. The van der Waals surface area contributed by atoms with E-state index in [0.29, 0.717) is 17.6 Å². The molecule has 0 radical (unpaired) electrons. The van der Waals surface area contributed by atoms with E-state index >= 15 is 0 Å². The Bertz CT molecular complexity index is 1150. The number of carbonyl (C=O) groups is 1. The van der Waals surface area contributed by atoms with Gasteiger partial charge in [-0.15, -0.1) is 0 Å². The zero-order chi connectivity index (χ0) is 22.3. The molecular formula is C19H12F6N2O3. The summed E-state index contributed by atoms with van der Waals surface area (Å²) in [6.07, 6.45) is -8.89. The monoisotopic (exact) mass is 430 g/mol. The van der Waals surface area contributed by atoms with Gasteiger partial charge >= 0.3 is 18.3 Å². The van der Waals surface area contributed by atoms with Gasteiger partial charge < -0.3 is 15.4 Å². The van der Waals surface area contributed by atoms with Crippen molar-refractivity contribution < 1.29 is 36.2 Å². The largest absolute Gasteiger partial charge is 0.477 e. The number of aromatic nitrogens is 1. The Labute approximate surface area is 164 Å². The van der Waals surface area contributed by atoms with E-state index in [1.807, 2.05) is 0 Å². The number of rotatable bonds is 4. The molecule has 3 rings (SSSR count). The average Bonchev–Trinajstić information content (AvgIpc) is 2.65. The van der Waals surface area contributed by atoms with Crippen LogP contribution in [0.4, 0.5) is 32.0 Å². The number of fused-ring (bicyclic) bond motifs is 1. The number of hydrogen-bond acceptors (Lipinski definition) is 3. The van der Waals surface area contributed by atoms with Gasteiger partial charge in [-0.1, -0.05) is 0 Å². The van der Waals surface area contributed by atoms with Crippen molar-refractivity contribution in [2.75, 3.05) is 5.32 Å². The maximum absolute atomic E-state index is 12.9. The van der Waals surface area contributed by atoms with Crippen LogP contribution in [-0.2, 0) is 18.9 Å². The number of nitrogens with one attached hydrogen (secondary N) is 2. The summed E-state index contributed by atoms with van der Waals surface area (Å²) in [7, 11) is 0. The standard InChI is InChI=1S/C19H12F6N2O3/c20-18(21,22)10-3-9(4-11(5-10)19(23,24)25)7-26-12-1-2-15-13(6-12)16(28)14(8-27-15)17(29)30/h1-6,8,26H,7H2,(H,27,28)(H,29,30). The van der Waals surface area contributed by atoms with Crippen LogP contribution in [0.2, 0.25) is 0 Å². The number of aromatic carboxylic acids is 1. The Balaban J connectivity index is 1.95. The number of benzene rings is 2. The molecule has 0 amide bonds. The lowest BCUT2D eigenvalue weighted by molar-refractivity contribution is -0.143. The molecule has 158 valence electrons. The van der Waals surface area contributed by atoms with Crippen molar-refractivity contribution in [2.45, 2.75) is 18.9 Å². The van der Waals surface area contributed by atoms with Crippen LogP contribution < -0.4 is 10.7 Å². The normalized spacial score (nSPS) is 12.2. The maximum atomic E-state index is 12.9. The van der Waals surface area contributed by atoms with Gasteiger partial charge in [-0.3, -0.25) is 4.79 Å². The number of aromatic amines is 1. The second-order valence-electron chi connectivity index (χ2n) is 6.36. The first-order valence-electron chi connectivity index (χ1n) is 8.27. The number of anilines is 1. The van der Waals surface area contributed by atoms with Crippen LogP contribution in [0.3, 0.4) is 0 Å². The van der Waals surface area contributed by atoms with Gasteiger partial charge in [0.15, 0.2) is 0 Å². The fourth-order valence-electron chi connectivity index (χ4n) is 2.81. The number of H-pyrrole nitrogens is 1. The molecule has 0 atom stereocenters. The van der Waals surface area contributed by atoms with Gasteiger partial charge in [0.1, 0.15) is 5.56 Å². The molecule has 0 saturated carbocycles. The highest BCUT2D eigenvalue weighted by Gasteiger charge is 2.36. The Hall–Kier alpha value is -3.50. The van der Waals surface area contributed by atoms with E-state index in [9.17, 15) is 35.9 Å². The van der Waals surface area contributed by atoms with E-state index in [4.69, 9.17) is 5.11 Å². The summed E-state index contributed by atoms with van der Waals surface area (Å²) in [6.45, 7) is -0.394. The number of alkyl halides is 6. The number of carboxylic acid groups (broad SMARTS) is 1. The summed E-state index contributed by atoms with van der Waals surface area (Å²) in [5.74, 6) is -1.44. The van der Waals surface area contributed by atoms with Crippen molar-refractivity contribution in [1.29, 1.82) is 0 Å². The summed E-state index contributed by atoms with van der Waals surface area (Å²) in [5, 5.41) is 11.7. The van der Waals surface area contributed by atoms with Crippen LogP contribution in [-0.4, -0.2) is 16.1 Å². The Morgan fingerprint density at radius 3 is 2.10 bits per heavy atom.